The molecule has 9 heteroatoms. The number of rotatable bonds is 5. The van der Waals surface area contributed by atoms with E-state index in [4.69, 9.17) is 9.47 Å². The molecule has 2 heterocycles. The van der Waals surface area contributed by atoms with E-state index in [1.165, 1.54) is 13.3 Å². The molecule has 1 N–H and O–H groups in total. The molecule has 1 fully saturated rings. The van der Waals surface area contributed by atoms with Crippen LogP contribution in [0.25, 0.3) is 0 Å². The molecule has 1 amide bonds. The van der Waals surface area contributed by atoms with Crippen molar-refractivity contribution in [3.05, 3.63) is 23.9 Å². The minimum Gasteiger partial charge on any atom is -0.481 e. The molecular weight excluding hydrogens is 315 g/mol. The molecule has 1 unspecified atom stereocenters. The molecule has 1 atom stereocenters. The summed E-state index contributed by atoms with van der Waals surface area (Å²) >= 11 is 0. The van der Waals surface area contributed by atoms with Crippen LogP contribution in [0.5, 0.6) is 5.88 Å². The van der Waals surface area contributed by atoms with Gasteiger partial charge in [0.25, 0.3) is 0 Å². The maximum atomic E-state index is 12.6. The average molecular weight is 333 g/mol. The number of halogens is 3. The molecule has 23 heavy (non-hydrogen) atoms. The highest BCUT2D eigenvalue weighted by molar-refractivity contribution is 5.82. The number of alkyl halides is 3. The number of pyridine rings is 1. The Bertz CT molecular complexity index is 539. The zero-order valence-electron chi connectivity index (χ0n) is 12.6. The standard InChI is InChI=1S/C14H18F3N3O3/c1-22-12-6-10(2-3-18-12)7-19-13(21)11-8-23-5-4-20(11)9-14(15,16)17/h2-3,6,11H,4-5,7-9H2,1H3,(H,19,21). The fraction of sp³-hybridized carbons (Fsp3) is 0.571. The van der Waals surface area contributed by atoms with Gasteiger partial charge in [-0.05, 0) is 11.6 Å². The average Bonchev–Trinajstić information content (AvgIpc) is 2.52. The van der Waals surface area contributed by atoms with Crippen molar-refractivity contribution in [1.82, 2.24) is 15.2 Å². The largest absolute Gasteiger partial charge is 0.481 e. The first-order valence-electron chi connectivity index (χ1n) is 7.04. The van der Waals surface area contributed by atoms with Gasteiger partial charge in [0, 0.05) is 25.4 Å². The van der Waals surface area contributed by atoms with Gasteiger partial charge in [-0.1, -0.05) is 0 Å². The van der Waals surface area contributed by atoms with Gasteiger partial charge in [-0.15, -0.1) is 0 Å². The number of morpholine rings is 1. The zero-order valence-corrected chi connectivity index (χ0v) is 12.6. The van der Waals surface area contributed by atoms with Gasteiger partial charge < -0.3 is 14.8 Å². The predicted octanol–water partition coefficient (Wildman–Crippen LogP) is 0.969. The van der Waals surface area contributed by atoms with Crippen molar-refractivity contribution in [1.29, 1.82) is 0 Å². The Balaban J connectivity index is 1.94. The number of amides is 1. The Kier molecular flexibility index (Phi) is 5.78. The van der Waals surface area contributed by atoms with Gasteiger partial charge >= 0.3 is 6.18 Å². The van der Waals surface area contributed by atoms with E-state index in [0.717, 1.165) is 10.5 Å². The quantitative estimate of drug-likeness (QED) is 0.870. The molecule has 1 aliphatic heterocycles. The minimum atomic E-state index is -4.35. The van der Waals surface area contributed by atoms with Crippen LogP contribution in [0.3, 0.4) is 0 Å². The van der Waals surface area contributed by atoms with Crippen molar-refractivity contribution < 1.29 is 27.4 Å². The highest BCUT2D eigenvalue weighted by atomic mass is 19.4. The number of carbonyl (C=O) groups excluding carboxylic acids is 1. The Morgan fingerprint density at radius 3 is 3.04 bits per heavy atom. The molecule has 0 spiro atoms. The van der Waals surface area contributed by atoms with Crippen molar-refractivity contribution in [3.63, 3.8) is 0 Å². The maximum absolute atomic E-state index is 12.6. The molecule has 0 bridgehead atoms. The first kappa shape index (κ1) is 17.5. The lowest BCUT2D eigenvalue weighted by molar-refractivity contribution is -0.166. The normalized spacial score (nSPS) is 19.4. The summed E-state index contributed by atoms with van der Waals surface area (Å²) in [6.45, 7) is -0.755. The molecule has 0 aliphatic carbocycles. The van der Waals surface area contributed by atoms with Gasteiger partial charge in [0.05, 0.1) is 26.9 Å². The van der Waals surface area contributed by atoms with E-state index < -0.39 is 24.7 Å². The van der Waals surface area contributed by atoms with Gasteiger partial charge in [0.1, 0.15) is 6.04 Å². The van der Waals surface area contributed by atoms with Crippen LogP contribution in [0.1, 0.15) is 5.56 Å². The highest BCUT2D eigenvalue weighted by Crippen LogP contribution is 2.19. The summed E-state index contributed by atoms with van der Waals surface area (Å²) in [5.74, 6) is -0.0961. The number of carbonyl (C=O) groups is 1. The van der Waals surface area contributed by atoms with E-state index in [1.54, 1.807) is 12.1 Å². The van der Waals surface area contributed by atoms with Crippen LogP contribution in [0.2, 0.25) is 0 Å². The minimum absolute atomic E-state index is 0.0540. The zero-order chi connectivity index (χ0) is 16.9. The number of hydrogen-bond acceptors (Lipinski definition) is 5. The lowest BCUT2D eigenvalue weighted by atomic mass is 10.2. The fourth-order valence-corrected chi connectivity index (χ4v) is 2.28. The summed E-state index contributed by atoms with van der Waals surface area (Å²) in [7, 11) is 1.47. The number of hydrogen-bond donors (Lipinski definition) is 1. The Hall–Kier alpha value is -1.87. The lowest BCUT2D eigenvalue weighted by Gasteiger charge is -2.34. The van der Waals surface area contributed by atoms with Crippen LogP contribution in [-0.2, 0) is 16.1 Å². The Labute approximate surface area is 131 Å². The molecule has 2 rings (SSSR count). The lowest BCUT2D eigenvalue weighted by Crippen LogP contribution is -2.55. The van der Waals surface area contributed by atoms with E-state index in [0.29, 0.717) is 5.88 Å². The molecule has 0 radical (unpaired) electrons. The summed E-state index contributed by atoms with van der Waals surface area (Å²) in [5, 5.41) is 2.62. The van der Waals surface area contributed by atoms with Gasteiger partial charge in [0.15, 0.2) is 0 Å². The number of nitrogens with one attached hydrogen (secondary N) is 1. The van der Waals surface area contributed by atoms with Gasteiger partial charge in [0.2, 0.25) is 11.8 Å². The fourth-order valence-electron chi connectivity index (χ4n) is 2.28. The van der Waals surface area contributed by atoms with Crippen molar-refractivity contribution in [2.24, 2.45) is 0 Å². The molecular formula is C14H18F3N3O3. The van der Waals surface area contributed by atoms with E-state index in [9.17, 15) is 18.0 Å². The van der Waals surface area contributed by atoms with Crippen molar-refractivity contribution >= 4 is 5.91 Å². The Morgan fingerprint density at radius 2 is 2.35 bits per heavy atom. The molecule has 1 aromatic rings. The molecule has 6 nitrogen and oxygen atoms in total. The second-order valence-corrected chi connectivity index (χ2v) is 5.10. The van der Waals surface area contributed by atoms with Crippen LogP contribution < -0.4 is 10.1 Å². The van der Waals surface area contributed by atoms with Crippen LogP contribution in [0.15, 0.2) is 18.3 Å². The second kappa shape index (κ2) is 7.60. The van der Waals surface area contributed by atoms with E-state index in [2.05, 4.69) is 10.3 Å². The second-order valence-electron chi connectivity index (χ2n) is 5.10. The van der Waals surface area contributed by atoms with Crippen molar-refractivity contribution in [3.8, 4) is 5.88 Å². The number of aromatic nitrogens is 1. The molecule has 0 saturated carbocycles. The van der Waals surface area contributed by atoms with Gasteiger partial charge in [-0.3, -0.25) is 9.69 Å². The molecule has 1 aliphatic rings. The van der Waals surface area contributed by atoms with Crippen molar-refractivity contribution in [2.75, 3.05) is 33.4 Å². The monoisotopic (exact) mass is 333 g/mol. The first-order chi connectivity index (χ1) is 10.9. The van der Waals surface area contributed by atoms with Crippen LogP contribution >= 0.6 is 0 Å². The summed E-state index contributed by atoms with van der Waals surface area (Å²) in [6.07, 6.45) is -2.83. The third-order valence-corrected chi connectivity index (χ3v) is 3.40. The maximum Gasteiger partial charge on any atom is 0.401 e. The van der Waals surface area contributed by atoms with Crippen LogP contribution in [0.4, 0.5) is 13.2 Å². The smallest absolute Gasteiger partial charge is 0.401 e. The number of nitrogens with zero attached hydrogens (tertiary/aromatic N) is 2. The molecule has 128 valence electrons. The Morgan fingerprint density at radius 1 is 1.57 bits per heavy atom. The van der Waals surface area contributed by atoms with Crippen LogP contribution in [-0.4, -0.2) is 61.4 Å². The van der Waals surface area contributed by atoms with E-state index in [1.807, 2.05) is 0 Å². The topological polar surface area (TPSA) is 63.7 Å². The van der Waals surface area contributed by atoms with E-state index >= 15 is 0 Å². The summed E-state index contributed by atoms with van der Waals surface area (Å²) in [4.78, 5) is 17.2. The van der Waals surface area contributed by atoms with Crippen LogP contribution in [0, 0.1) is 0 Å². The summed E-state index contributed by atoms with van der Waals surface area (Å²) < 4.78 is 47.8. The van der Waals surface area contributed by atoms with Gasteiger partial charge in [-0.2, -0.15) is 13.2 Å². The summed E-state index contributed by atoms with van der Waals surface area (Å²) in [6, 6.07) is 2.38. The molecule has 0 aromatic carbocycles. The molecule has 1 saturated heterocycles. The summed E-state index contributed by atoms with van der Waals surface area (Å²) in [5.41, 5.74) is 0.740. The number of methoxy groups -OCH3 is 1. The number of ether oxygens (including phenoxy) is 2. The third-order valence-electron chi connectivity index (χ3n) is 3.40. The highest BCUT2D eigenvalue weighted by Gasteiger charge is 2.38. The SMILES string of the molecule is COc1cc(CNC(=O)C2COCCN2CC(F)(F)F)ccn1. The third kappa shape index (κ3) is 5.36. The van der Waals surface area contributed by atoms with Crippen molar-refractivity contribution in [2.45, 2.75) is 18.8 Å². The van der Waals surface area contributed by atoms with E-state index in [-0.39, 0.29) is 26.3 Å². The van der Waals surface area contributed by atoms with Gasteiger partial charge in [-0.25, -0.2) is 4.98 Å². The first-order valence-corrected chi connectivity index (χ1v) is 7.04. The predicted molar refractivity (Wildman–Crippen MR) is 74.9 cm³/mol. The molecule has 1 aromatic heterocycles.